The fourth-order valence-corrected chi connectivity index (χ4v) is 3.44. The summed E-state index contributed by atoms with van der Waals surface area (Å²) in [6.45, 7) is 0. The highest BCUT2D eigenvalue weighted by Gasteiger charge is 2.37. The largest absolute Gasteiger partial charge is 0.335 e. The molecule has 0 bridgehead atoms. The molecule has 3 aromatic rings. The number of H-pyrrole nitrogens is 1. The number of halogens is 1. The first kappa shape index (κ1) is 18.8. The average molecular weight is 393 g/mol. The van der Waals surface area contributed by atoms with E-state index in [0.29, 0.717) is 17.9 Å². The number of benzene rings is 2. The minimum absolute atomic E-state index is 0.0322. The smallest absolute Gasteiger partial charge is 0.291 e. The van der Waals surface area contributed by atoms with Crippen molar-refractivity contribution in [2.45, 2.75) is 25.1 Å². The molecule has 0 saturated heterocycles. The summed E-state index contributed by atoms with van der Waals surface area (Å²) < 4.78 is 14.9. The molecule has 2 N–H and O–H groups in total. The molecule has 0 saturated carbocycles. The van der Waals surface area contributed by atoms with Crippen molar-refractivity contribution in [2.75, 3.05) is 11.9 Å². The van der Waals surface area contributed by atoms with Gasteiger partial charge in [0.15, 0.2) is 0 Å². The van der Waals surface area contributed by atoms with Crippen LogP contribution in [0, 0.1) is 0 Å². The maximum atomic E-state index is 14.9. The highest BCUT2D eigenvalue weighted by atomic mass is 19.1. The Bertz CT molecular complexity index is 1040. The van der Waals surface area contributed by atoms with Crippen LogP contribution in [0.4, 0.5) is 10.1 Å². The minimum Gasteiger partial charge on any atom is -0.335 e. The van der Waals surface area contributed by atoms with Crippen molar-refractivity contribution < 1.29 is 14.0 Å². The molecule has 0 spiro atoms. The van der Waals surface area contributed by atoms with Gasteiger partial charge >= 0.3 is 0 Å². The molecule has 2 heterocycles. The second kappa shape index (κ2) is 7.83. The summed E-state index contributed by atoms with van der Waals surface area (Å²) >= 11 is 0. The molecule has 8 heteroatoms. The Morgan fingerprint density at radius 3 is 2.72 bits per heavy atom. The minimum atomic E-state index is -1.56. The van der Waals surface area contributed by atoms with Crippen LogP contribution in [-0.4, -0.2) is 46.3 Å². The number of para-hydroxylation sites is 1. The lowest BCUT2D eigenvalue weighted by Gasteiger charge is -2.22. The summed E-state index contributed by atoms with van der Waals surface area (Å²) in [7, 11) is 1.57. The summed E-state index contributed by atoms with van der Waals surface area (Å²) in [5.74, 6) is -0.827. The first-order valence-corrected chi connectivity index (χ1v) is 9.28. The van der Waals surface area contributed by atoms with Crippen molar-refractivity contribution in [1.82, 2.24) is 20.5 Å². The number of aromatic amines is 1. The molecule has 4 rings (SSSR count). The first-order chi connectivity index (χ1) is 14.0. The maximum absolute atomic E-state index is 14.9. The lowest BCUT2D eigenvalue weighted by Crippen LogP contribution is -2.52. The number of aromatic nitrogens is 3. The van der Waals surface area contributed by atoms with Gasteiger partial charge in [-0.2, -0.15) is 0 Å². The number of fused-ring (bicyclic) bond motifs is 1. The molecule has 29 heavy (non-hydrogen) atoms. The van der Waals surface area contributed by atoms with Gasteiger partial charge in [-0.1, -0.05) is 48.5 Å². The second-order valence-electron chi connectivity index (χ2n) is 6.97. The third-order valence-corrected chi connectivity index (χ3v) is 4.96. The first-order valence-electron chi connectivity index (χ1n) is 9.28. The van der Waals surface area contributed by atoms with Gasteiger partial charge in [-0.05, 0) is 17.2 Å². The van der Waals surface area contributed by atoms with Crippen molar-refractivity contribution >= 4 is 17.5 Å². The molecule has 2 atom stereocenters. The van der Waals surface area contributed by atoms with Crippen LogP contribution in [0.2, 0.25) is 0 Å². The number of anilines is 1. The number of carbonyl (C=O) groups is 2. The molecule has 0 unspecified atom stereocenters. The normalized spacial score (nSPS) is 18.8. The van der Waals surface area contributed by atoms with Crippen LogP contribution in [0.3, 0.4) is 0 Å². The van der Waals surface area contributed by atoms with Gasteiger partial charge in [-0.15, -0.1) is 5.10 Å². The van der Waals surface area contributed by atoms with E-state index in [1.165, 1.54) is 4.90 Å². The summed E-state index contributed by atoms with van der Waals surface area (Å²) in [4.78, 5) is 30.9. The molecular weight excluding hydrogens is 373 g/mol. The van der Waals surface area contributed by atoms with E-state index in [2.05, 4.69) is 20.5 Å². The topological polar surface area (TPSA) is 91.0 Å². The van der Waals surface area contributed by atoms with Crippen LogP contribution in [-0.2, 0) is 17.6 Å². The molecule has 0 radical (unpaired) electrons. The summed E-state index contributed by atoms with van der Waals surface area (Å²) in [5.41, 5.74) is 2.37. The monoisotopic (exact) mass is 393 g/mol. The predicted molar refractivity (Wildman–Crippen MR) is 105 cm³/mol. The molecule has 2 aromatic carbocycles. The SMILES string of the molecule is CN1C(=O)[C@H](NC(=O)c2n[nH]c(Cc3ccccc3)n2)[C@@H](F)Cc2ccccc21. The van der Waals surface area contributed by atoms with Crippen molar-refractivity contribution in [3.63, 3.8) is 0 Å². The standard InChI is InChI=1S/C21H20FN5O2/c1-27-16-10-6-5-9-14(16)12-15(22)18(21(27)29)24-20(28)19-23-17(25-26-19)11-13-7-3-2-4-8-13/h2-10,15,18H,11-12H2,1H3,(H,24,28)(H,23,25,26)/t15-,18+/m0/s1. The number of hydrogen-bond acceptors (Lipinski definition) is 4. The fourth-order valence-electron chi connectivity index (χ4n) is 3.44. The molecule has 0 aliphatic carbocycles. The van der Waals surface area contributed by atoms with E-state index in [-0.39, 0.29) is 12.2 Å². The molecule has 148 valence electrons. The maximum Gasteiger partial charge on any atom is 0.291 e. The summed E-state index contributed by atoms with van der Waals surface area (Å²) in [5, 5.41) is 9.10. The van der Waals surface area contributed by atoms with Gasteiger partial charge in [0.2, 0.25) is 5.82 Å². The van der Waals surface area contributed by atoms with E-state index in [0.717, 1.165) is 11.1 Å². The third kappa shape index (κ3) is 3.87. The Hall–Kier alpha value is -3.55. The van der Waals surface area contributed by atoms with Gasteiger partial charge in [0.25, 0.3) is 11.8 Å². The van der Waals surface area contributed by atoms with E-state index in [4.69, 9.17) is 0 Å². The van der Waals surface area contributed by atoms with E-state index in [9.17, 15) is 14.0 Å². The van der Waals surface area contributed by atoms with E-state index in [1.54, 1.807) is 31.3 Å². The van der Waals surface area contributed by atoms with Gasteiger partial charge in [0, 0.05) is 25.6 Å². The molecule has 1 aliphatic heterocycles. The predicted octanol–water partition coefficient (Wildman–Crippen LogP) is 2.05. The van der Waals surface area contributed by atoms with E-state index < -0.39 is 24.0 Å². The van der Waals surface area contributed by atoms with Gasteiger partial charge in [0.1, 0.15) is 18.0 Å². The van der Waals surface area contributed by atoms with Crippen LogP contribution in [0.5, 0.6) is 0 Å². The van der Waals surface area contributed by atoms with Crippen molar-refractivity contribution in [1.29, 1.82) is 0 Å². The van der Waals surface area contributed by atoms with Gasteiger partial charge < -0.3 is 10.2 Å². The number of hydrogen-bond donors (Lipinski definition) is 2. The Kier molecular flexibility index (Phi) is 5.07. The number of likely N-dealkylation sites (N-methyl/N-ethyl adjacent to an activating group) is 1. The zero-order chi connectivity index (χ0) is 20.4. The quantitative estimate of drug-likeness (QED) is 0.710. The number of nitrogens with one attached hydrogen (secondary N) is 2. The lowest BCUT2D eigenvalue weighted by molar-refractivity contribution is -0.121. The van der Waals surface area contributed by atoms with Crippen LogP contribution in [0.25, 0.3) is 0 Å². The molecule has 1 aromatic heterocycles. The van der Waals surface area contributed by atoms with Gasteiger partial charge in [-0.3, -0.25) is 14.7 Å². The zero-order valence-electron chi connectivity index (χ0n) is 15.8. The number of alkyl halides is 1. The molecule has 1 aliphatic rings. The third-order valence-electron chi connectivity index (χ3n) is 4.96. The molecule has 7 nitrogen and oxygen atoms in total. The highest BCUT2D eigenvalue weighted by Crippen LogP contribution is 2.27. The highest BCUT2D eigenvalue weighted by molar-refractivity contribution is 6.02. The van der Waals surface area contributed by atoms with E-state index in [1.807, 2.05) is 30.3 Å². The second-order valence-corrected chi connectivity index (χ2v) is 6.97. The van der Waals surface area contributed by atoms with Crippen LogP contribution in [0.15, 0.2) is 54.6 Å². The number of amides is 2. The van der Waals surface area contributed by atoms with E-state index >= 15 is 0 Å². The van der Waals surface area contributed by atoms with Crippen molar-refractivity contribution in [3.8, 4) is 0 Å². The Morgan fingerprint density at radius 2 is 1.93 bits per heavy atom. The Morgan fingerprint density at radius 1 is 1.21 bits per heavy atom. The molecule has 2 amide bonds. The number of carbonyl (C=O) groups excluding carboxylic acids is 2. The number of nitrogens with zero attached hydrogens (tertiary/aromatic N) is 3. The summed E-state index contributed by atoms with van der Waals surface area (Å²) in [6.07, 6.45) is -1.04. The summed E-state index contributed by atoms with van der Waals surface area (Å²) in [6, 6.07) is 15.4. The molecular formula is C21H20FN5O2. The van der Waals surface area contributed by atoms with Crippen LogP contribution in [0.1, 0.15) is 27.6 Å². The Labute approximate surface area is 167 Å². The van der Waals surface area contributed by atoms with Gasteiger partial charge in [-0.25, -0.2) is 9.37 Å². The average Bonchev–Trinajstić information content (AvgIpc) is 3.17. The lowest BCUT2D eigenvalue weighted by atomic mass is 10.0. The van der Waals surface area contributed by atoms with Crippen molar-refractivity contribution in [2.24, 2.45) is 0 Å². The zero-order valence-corrected chi connectivity index (χ0v) is 15.8. The van der Waals surface area contributed by atoms with Crippen LogP contribution >= 0.6 is 0 Å². The molecule has 0 fully saturated rings. The van der Waals surface area contributed by atoms with Gasteiger partial charge in [0.05, 0.1) is 0 Å². The van der Waals surface area contributed by atoms with Crippen LogP contribution < -0.4 is 10.2 Å². The number of rotatable bonds is 4. The fraction of sp³-hybridized carbons (Fsp3) is 0.238. The van der Waals surface area contributed by atoms with Crippen molar-refractivity contribution in [3.05, 3.63) is 77.4 Å². The Balaban J connectivity index is 1.49.